The summed E-state index contributed by atoms with van der Waals surface area (Å²) in [6.07, 6.45) is 4.59. The molecule has 1 amide bonds. The summed E-state index contributed by atoms with van der Waals surface area (Å²) >= 11 is 1.96. The number of benzene rings is 1. The van der Waals surface area contributed by atoms with E-state index in [1.807, 2.05) is 11.8 Å². The average Bonchev–Trinajstić information content (AvgIpc) is 3.25. The Balaban J connectivity index is 1.46. The zero-order valence-corrected chi connectivity index (χ0v) is 15.8. The van der Waals surface area contributed by atoms with E-state index in [0.29, 0.717) is 24.5 Å². The van der Waals surface area contributed by atoms with Crippen LogP contribution in [0, 0.1) is 5.82 Å². The van der Waals surface area contributed by atoms with Crippen LogP contribution in [-0.4, -0.2) is 58.3 Å². The van der Waals surface area contributed by atoms with Crippen LogP contribution in [0.4, 0.5) is 20.6 Å². The summed E-state index contributed by atoms with van der Waals surface area (Å²) in [7, 11) is 0. The number of hydrogen-bond acceptors (Lipinski definition) is 6. The number of aromatic nitrogens is 3. The number of carbonyl (C=O) groups is 1. The molecule has 3 heterocycles. The van der Waals surface area contributed by atoms with Gasteiger partial charge in [0.2, 0.25) is 0 Å². The second kappa shape index (κ2) is 8.16. The van der Waals surface area contributed by atoms with Crippen LogP contribution in [0.3, 0.4) is 0 Å². The summed E-state index contributed by atoms with van der Waals surface area (Å²) < 4.78 is 21.8. The number of rotatable bonds is 4. The van der Waals surface area contributed by atoms with Gasteiger partial charge >= 0.3 is 6.09 Å². The van der Waals surface area contributed by atoms with E-state index in [2.05, 4.69) is 15.2 Å². The summed E-state index contributed by atoms with van der Waals surface area (Å²) in [4.78, 5) is 15.8. The molecule has 9 heteroatoms. The molecule has 0 N–H and O–H groups in total. The Morgan fingerprint density at radius 2 is 2.07 bits per heavy atom. The third-order valence-electron chi connectivity index (χ3n) is 4.75. The highest BCUT2D eigenvalue weighted by Crippen LogP contribution is 2.29. The molecule has 1 atom stereocenters. The van der Waals surface area contributed by atoms with Gasteiger partial charge in [0.25, 0.3) is 0 Å². The van der Waals surface area contributed by atoms with E-state index >= 15 is 0 Å². The molecule has 2 fully saturated rings. The van der Waals surface area contributed by atoms with E-state index in [4.69, 9.17) is 4.74 Å². The first-order valence-electron chi connectivity index (χ1n) is 9.15. The average molecular weight is 391 g/mol. The highest BCUT2D eigenvalue weighted by atomic mass is 32.2. The quantitative estimate of drug-likeness (QED) is 0.799. The second-order valence-corrected chi connectivity index (χ2v) is 7.91. The third-order valence-corrected chi connectivity index (χ3v) is 5.91. The van der Waals surface area contributed by atoms with Crippen LogP contribution < -0.4 is 9.80 Å². The lowest BCUT2D eigenvalue weighted by atomic mass is 10.2. The van der Waals surface area contributed by atoms with Crippen molar-refractivity contribution >= 4 is 29.2 Å². The van der Waals surface area contributed by atoms with Gasteiger partial charge in [-0.3, -0.25) is 4.90 Å². The lowest BCUT2D eigenvalue weighted by molar-refractivity contribution is 0.129. The number of ether oxygens (including phenoxy) is 1. The second-order valence-electron chi connectivity index (χ2n) is 6.68. The minimum atomic E-state index is -0.462. The Morgan fingerprint density at radius 3 is 2.78 bits per heavy atom. The van der Waals surface area contributed by atoms with Crippen molar-refractivity contribution < 1.29 is 13.9 Å². The molecule has 0 radical (unpaired) electrons. The molecule has 144 valence electrons. The molecule has 0 unspecified atom stereocenters. The zero-order valence-electron chi connectivity index (χ0n) is 15.0. The van der Waals surface area contributed by atoms with Crippen molar-refractivity contribution in [2.24, 2.45) is 0 Å². The van der Waals surface area contributed by atoms with E-state index in [0.717, 1.165) is 37.4 Å². The van der Waals surface area contributed by atoms with Gasteiger partial charge in [-0.2, -0.15) is 11.8 Å². The maximum absolute atomic E-state index is 14.8. The monoisotopic (exact) mass is 391 g/mol. The van der Waals surface area contributed by atoms with Crippen LogP contribution in [-0.2, 0) is 11.3 Å². The molecule has 2 saturated heterocycles. The molecule has 7 nitrogen and oxygen atoms in total. The number of carbonyl (C=O) groups excluding carboxylic acids is 1. The summed E-state index contributed by atoms with van der Waals surface area (Å²) in [6, 6.07) is 5.00. The van der Waals surface area contributed by atoms with Gasteiger partial charge in [-0.1, -0.05) is 5.21 Å². The Hall–Kier alpha value is -2.29. The van der Waals surface area contributed by atoms with Crippen molar-refractivity contribution in [2.75, 3.05) is 40.9 Å². The maximum atomic E-state index is 14.8. The van der Waals surface area contributed by atoms with Gasteiger partial charge in [0.1, 0.15) is 11.9 Å². The summed E-state index contributed by atoms with van der Waals surface area (Å²) in [5.74, 6) is 1.93. The molecule has 1 aromatic heterocycles. The fourth-order valence-electron chi connectivity index (χ4n) is 3.46. The molecule has 2 aliphatic rings. The highest BCUT2D eigenvalue weighted by Gasteiger charge is 2.33. The molecule has 0 spiro atoms. The number of thioether (sulfide) groups is 1. The first-order valence-corrected chi connectivity index (χ1v) is 10.3. The molecule has 0 bridgehead atoms. The van der Waals surface area contributed by atoms with E-state index in [1.54, 1.807) is 29.2 Å². The number of hydrogen-bond donors (Lipinski definition) is 0. The topological polar surface area (TPSA) is 63.5 Å². The van der Waals surface area contributed by atoms with Crippen molar-refractivity contribution in [2.45, 2.75) is 25.5 Å². The van der Waals surface area contributed by atoms with Gasteiger partial charge in [-0.25, -0.2) is 13.9 Å². The van der Waals surface area contributed by atoms with Gasteiger partial charge in [0.15, 0.2) is 0 Å². The van der Waals surface area contributed by atoms with Crippen LogP contribution >= 0.6 is 11.8 Å². The number of halogens is 1. The molecule has 2 aliphatic heterocycles. The first kappa shape index (κ1) is 18.1. The molecule has 0 saturated carbocycles. The van der Waals surface area contributed by atoms with Crippen molar-refractivity contribution in [3.63, 3.8) is 0 Å². The largest absolute Gasteiger partial charge is 0.442 e. The summed E-state index contributed by atoms with van der Waals surface area (Å²) in [5, 5.41) is 7.63. The predicted molar refractivity (Wildman–Crippen MR) is 103 cm³/mol. The molecule has 0 aliphatic carbocycles. The lowest BCUT2D eigenvalue weighted by Gasteiger charge is -2.27. The van der Waals surface area contributed by atoms with Crippen molar-refractivity contribution in [1.82, 2.24) is 15.0 Å². The van der Waals surface area contributed by atoms with Crippen molar-refractivity contribution in [1.29, 1.82) is 0 Å². The highest BCUT2D eigenvalue weighted by molar-refractivity contribution is 7.99. The lowest BCUT2D eigenvalue weighted by Crippen LogP contribution is -2.29. The summed E-state index contributed by atoms with van der Waals surface area (Å²) in [5.41, 5.74) is 1.13. The number of anilines is 2. The minimum Gasteiger partial charge on any atom is -0.442 e. The van der Waals surface area contributed by atoms with Gasteiger partial charge in [0.05, 0.1) is 30.7 Å². The standard InChI is InChI=1S/C18H22FN5O2S/c19-16-11-14(3-4-17(16)22-6-1-9-27-10-2-7-22)24-13-15(26-18(24)25)12-23-8-5-20-21-23/h3-5,8,11,15H,1-2,6-7,9-10,12-13H2/t15-/m0/s1. The number of amides is 1. The van der Waals surface area contributed by atoms with E-state index in [-0.39, 0.29) is 11.9 Å². The van der Waals surface area contributed by atoms with Crippen LogP contribution in [0.2, 0.25) is 0 Å². The number of cyclic esters (lactones) is 1. The predicted octanol–water partition coefficient (Wildman–Crippen LogP) is 2.78. The van der Waals surface area contributed by atoms with Gasteiger partial charge in [-0.05, 0) is 42.5 Å². The van der Waals surface area contributed by atoms with E-state index in [9.17, 15) is 9.18 Å². The van der Waals surface area contributed by atoms with Crippen LogP contribution in [0.25, 0.3) is 0 Å². The molecular formula is C18H22FN5O2S. The number of nitrogens with zero attached hydrogens (tertiary/aromatic N) is 5. The first-order chi connectivity index (χ1) is 13.2. The fourth-order valence-corrected chi connectivity index (χ4v) is 4.33. The molecule has 1 aromatic carbocycles. The molecular weight excluding hydrogens is 369 g/mol. The molecule has 2 aromatic rings. The zero-order chi connectivity index (χ0) is 18.6. The van der Waals surface area contributed by atoms with Gasteiger partial charge in [0, 0.05) is 19.3 Å². The Labute approximate surface area is 161 Å². The van der Waals surface area contributed by atoms with Crippen molar-refractivity contribution in [3.05, 3.63) is 36.4 Å². The normalized spacial score (nSPS) is 21.1. The van der Waals surface area contributed by atoms with Crippen molar-refractivity contribution in [3.8, 4) is 0 Å². The maximum Gasteiger partial charge on any atom is 0.414 e. The molecule has 4 rings (SSSR count). The molecule has 27 heavy (non-hydrogen) atoms. The fraction of sp³-hybridized carbons (Fsp3) is 0.500. The van der Waals surface area contributed by atoms with Crippen LogP contribution in [0.1, 0.15) is 12.8 Å². The third kappa shape index (κ3) is 4.18. The Morgan fingerprint density at radius 1 is 1.26 bits per heavy atom. The minimum absolute atomic E-state index is 0.298. The Bertz CT molecular complexity index is 780. The van der Waals surface area contributed by atoms with Crippen LogP contribution in [0.5, 0.6) is 0 Å². The van der Waals surface area contributed by atoms with E-state index < -0.39 is 6.09 Å². The SMILES string of the molecule is O=C1O[C@@H](Cn2ccnn2)CN1c1ccc(N2CCCSCCC2)c(F)c1. The van der Waals surface area contributed by atoms with E-state index in [1.165, 1.54) is 11.0 Å². The van der Waals surface area contributed by atoms with Crippen LogP contribution in [0.15, 0.2) is 30.6 Å². The Kier molecular flexibility index (Phi) is 5.47. The van der Waals surface area contributed by atoms with Gasteiger partial charge in [-0.15, -0.1) is 5.10 Å². The smallest absolute Gasteiger partial charge is 0.414 e. The summed E-state index contributed by atoms with van der Waals surface area (Å²) in [6.45, 7) is 2.50. The van der Waals surface area contributed by atoms with Gasteiger partial charge < -0.3 is 9.64 Å².